The smallest absolute Gasteiger partial charge is 0.242 e. The first-order valence-corrected chi connectivity index (χ1v) is 6.31. The molecule has 1 aliphatic carbocycles. The van der Waals surface area contributed by atoms with E-state index in [0.29, 0.717) is 13.1 Å². The Morgan fingerprint density at radius 1 is 1.59 bits per heavy atom. The van der Waals surface area contributed by atoms with E-state index in [1.54, 1.807) is 11.8 Å². The van der Waals surface area contributed by atoms with Gasteiger partial charge in [-0.05, 0) is 26.7 Å². The minimum absolute atomic E-state index is 0.0462. The molecule has 0 radical (unpaired) electrons. The number of carbonyl (C=O) groups is 2. The van der Waals surface area contributed by atoms with Crippen LogP contribution in [0.1, 0.15) is 33.1 Å². The van der Waals surface area contributed by atoms with Crippen LogP contribution in [0.25, 0.3) is 0 Å². The van der Waals surface area contributed by atoms with E-state index in [2.05, 4.69) is 5.32 Å². The number of hydrogen-bond donors (Lipinski definition) is 2. The van der Waals surface area contributed by atoms with Crippen molar-refractivity contribution < 1.29 is 9.59 Å². The maximum atomic E-state index is 12.6. The summed E-state index contributed by atoms with van der Waals surface area (Å²) in [5, 5.41) is 2.77. The summed E-state index contributed by atoms with van der Waals surface area (Å²) in [6.07, 6.45) is 2.73. The standard InChI is InChI=1S/C12H21N3O2/c1-8-10(16)14-6-7-15(8)11(17)12(2)5-3-4-9(12)13/h8-9H,3-7,13H2,1-2H3,(H,14,16). The zero-order valence-corrected chi connectivity index (χ0v) is 10.5. The first kappa shape index (κ1) is 12.4. The summed E-state index contributed by atoms with van der Waals surface area (Å²) in [4.78, 5) is 25.8. The van der Waals surface area contributed by atoms with E-state index >= 15 is 0 Å². The zero-order chi connectivity index (χ0) is 12.6. The second-order valence-corrected chi connectivity index (χ2v) is 5.38. The van der Waals surface area contributed by atoms with Gasteiger partial charge in [0.1, 0.15) is 6.04 Å². The fraction of sp³-hybridized carbons (Fsp3) is 0.833. The summed E-state index contributed by atoms with van der Waals surface area (Å²) in [6.45, 7) is 4.84. The Kier molecular flexibility index (Phi) is 3.12. The fourth-order valence-electron chi connectivity index (χ4n) is 2.85. The second kappa shape index (κ2) is 4.29. The third-order valence-corrected chi connectivity index (χ3v) is 4.28. The van der Waals surface area contributed by atoms with Gasteiger partial charge in [-0.1, -0.05) is 6.42 Å². The van der Waals surface area contributed by atoms with E-state index in [9.17, 15) is 9.59 Å². The Morgan fingerprint density at radius 3 is 2.88 bits per heavy atom. The van der Waals surface area contributed by atoms with Crippen molar-refractivity contribution in [2.45, 2.75) is 45.2 Å². The number of nitrogens with zero attached hydrogens (tertiary/aromatic N) is 1. The van der Waals surface area contributed by atoms with Gasteiger partial charge in [-0.2, -0.15) is 0 Å². The van der Waals surface area contributed by atoms with Gasteiger partial charge in [-0.25, -0.2) is 0 Å². The highest BCUT2D eigenvalue weighted by Crippen LogP contribution is 2.38. The molecule has 2 rings (SSSR count). The molecule has 1 heterocycles. The van der Waals surface area contributed by atoms with Crippen LogP contribution in [0.15, 0.2) is 0 Å². The van der Waals surface area contributed by atoms with E-state index in [1.165, 1.54) is 0 Å². The van der Waals surface area contributed by atoms with Crippen LogP contribution in [0.2, 0.25) is 0 Å². The Balaban J connectivity index is 2.16. The van der Waals surface area contributed by atoms with Crippen molar-refractivity contribution in [2.24, 2.45) is 11.1 Å². The molecule has 1 aliphatic heterocycles. The molecule has 2 fully saturated rings. The SMILES string of the molecule is CC1C(=O)NCCN1C(=O)C1(C)CCCC1N. The predicted molar refractivity (Wildman–Crippen MR) is 64.1 cm³/mol. The lowest BCUT2D eigenvalue weighted by atomic mass is 9.83. The average Bonchev–Trinajstić information content (AvgIpc) is 2.64. The number of nitrogens with two attached hydrogens (primary N) is 1. The van der Waals surface area contributed by atoms with Crippen LogP contribution in [0.4, 0.5) is 0 Å². The number of piperazine rings is 1. The predicted octanol–water partition coefficient (Wildman–Crippen LogP) is -0.149. The first-order valence-electron chi connectivity index (χ1n) is 6.31. The summed E-state index contributed by atoms with van der Waals surface area (Å²) < 4.78 is 0. The van der Waals surface area contributed by atoms with Crippen molar-refractivity contribution in [3.05, 3.63) is 0 Å². The van der Waals surface area contributed by atoms with Gasteiger partial charge >= 0.3 is 0 Å². The maximum absolute atomic E-state index is 12.6. The van der Waals surface area contributed by atoms with Crippen LogP contribution < -0.4 is 11.1 Å². The van der Waals surface area contributed by atoms with Crippen molar-refractivity contribution in [2.75, 3.05) is 13.1 Å². The molecule has 5 nitrogen and oxygen atoms in total. The van der Waals surface area contributed by atoms with Crippen LogP contribution in [-0.4, -0.2) is 41.9 Å². The van der Waals surface area contributed by atoms with Gasteiger partial charge in [-0.3, -0.25) is 9.59 Å². The third-order valence-electron chi connectivity index (χ3n) is 4.28. The van der Waals surface area contributed by atoms with Crippen LogP contribution in [-0.2, 0) is 9.59 Å². The van der Waals surface area contributed by atoms with Crippen LogP contribution in [0, 0.1) is 5.41 Å². The Bertz CT molecular complexity index is 345. The quantitative estimate of drug-likeness (QED) is 0.668. The molecule has 3 unspecified atom stereocenters. The lowest BCUT2D eigenvalue weighted by Crippen LogP contribution is -2.60. The molecule has 1 saturated heterocycles. The molecule has 17 heavy (non-hydrogen) atoms. The minimum Gasteiger partial charge on any atom is -0.353 e. The fourth-order valence-corrected chi connectivity index (χ4v) is 2.85. The summed E-state index contributed by atoms with van der Waals surface area (Å²) in [5.74, 6) is -0.0235. The van der Waals surface area contributed by atoms with Gasteiger partial charge in [0.2, 0.25) is 11.8 Å². The van der Waals surface area contributed by atoms with Gasteiger partial charge in [0.15, 0.2) is 0 Å². The highest BCUT2D eigenvalue weighted by atomic mass is 16.2. The van der Waals surface area contributed by atoms with E-state index in [0.717, 1.165) is 19.3 Å². The van der Waals surface area contributed by atoms with E-state index < -0.39 is 5.41 Å². The highest BCUT2D eigenvalue weighted by molar-refractivity contribution is 5.91. The van der Waals surface area contributed by atoms with Gasteiger partial charge in [-0.15, -0.1) is 0 Å². The first-order chi connectivity index (χ1) is 7.97. The molecule has 0 aromatic carbocycles. The van der Waals surface area contributed by atoms with Gasteiger partial charge in [0.25, 0.3) is 0 Å². The monoisotopic (exact) mass is 239 g/mol. The number of hydrogen-bond acceptors (Lipinski definition) is 3. The summed E-state index contributed by atoms with van der Waals surface area (Å²) in [6, 6.07) is -0.451. The minimum atomic E-state index is -0.480. The normalized spacial score (nSPS) is 38.1. The molecule has 5 heteroatoms. The Morgan fingerprint density at radius 2 is 2.29 bits per heavy atom. The summed E-state index contributed by atoms with van der Waals surface area (Å²) >= 11 is 0. The summed E-state index contributed by atoms with van der Waals surface area (Å²) in [5.41, 5.74) is 5.57. The molecule has 96 valence electrons. The number of nitrogens with one attached hydrogen (secondary N) is 1. The zero-order valence-electron chi connectivity index (χ0n) is 10.5. The highest BCUT2D eigenvalue weighted by Gasteiger charge is 2.47. The Hall–Kier alpha value is -1.10. The van der Waals surface area contributed by atoms with Crippen LogP contribution >= 0.6 is 0 Å². The maximum Gasteiger partial charge on any atom is 0.242 e. The average molecular weight is 239 g/mol. The lowest BCUT2D eigenvalue weighted by Gasteiger charge is -2.39. The molecule has 3 atom stereocenters. The van der Waals surface area contributed by atoms with Crippen molar-refractivity contribution in [1.29, 1.82) is 0 Å². The Labute approximate surface area is 102 Å². The summed E-state index contributed by atoms with van der Waals surface area (Å²) in [7, 11) is 0. The van der Waals surface area contributed by atoms with Gasteiger partial charge in [0.05, 0.1) is 5.41 Å². The number of amides is 2. The van der Waals surface area contributed by atoms with E-state index in [-0.39, 0.29) is 23.9 Å². The third kappa shape index (κ3) is 1.92. The van der Waals surface area contributed by atoms with Gasteiger partial charge in [0, 0.05) is 19.1 Å². The molecule has 2 amide bonds. The molecule has 3 N–H and O–H groups in total. The topological polar surface area (TPSA) is 75.4 Å². The van der Waals surface area contributed by atoms with E-state index in [1.807, 2.05) is 6.92 Å². The molecule has 2 aliphatic rings. The van der Waals surface area contributed by atoms with Gasteiger partial charge < -0.3 is 16.0 Å². The largest absolute Gasteiger partial charge is 0.353 e. The second-order valence-electron chi connectivity index (χ2n) is 5.38. The molecule has 0 bridgehead atoms. The number of rotatable bonds is 1. The van der Waals surface area contributed by atoms with Crippen LogP contribution in [0.3, 0.4) is 0 Å². The van der Waals surface area contributed by atoms with Crippen molar-refractivity contribution in [3.63, 3.8) is 0 Å². The number of carbonyl (C=O) groups excluding carboxylic acids is 2. The molecule has 0 aromatic heterocycles. The van der Waals surface area contributed by atoms with Crippen molar-refractivity contribution >= 4 is 11.8 Å². The molecular formula is C12H21N3O2. The van der Waals surface area contributed by atoms with E-state index in [4.69, 9.17) is 5.73 Å². The van der Waals surface area contributed by atoms with Crippen molar-refractivity contribution in [1.82, 2.24) is 10.2 Å². The molecular weight excluding hydrogens is 218 g/mol. The molecule has 0 spiro atoms. The van der Waals surface area contributed by atoms with Crippen LogP contribution in [0.5, 0.6) is 0 Å². The van der Waals surface area contributed by atoms with Crippen molar-refractivity contribution in [3.8, 4) is 0 Å². The molecule has 1 saturated carbocycles. The molecule has 0 aromatic rings. The lowest BCUT2D eigenvalue weighted by molar-refractivity contribution is -0.150.